The van der Waals surface area contributed by atoms with E-state index in [4.69, 9.17) is 4.74 Å². The zero-order valence-corrected chi connectivity index (χ0v) is 14.1. The molecule has 0 atom stereocenters. The second kappa shape index (κ2) is 7.22. The van der Waals surface area contributed by atoms with E-state index in [2.05, 4.69) is 10.3 Å². The molecule has 1 aromatic heterocycles. The molecule has 0 aliphatic carbocycles. The number of anilines is 1. The first-order valence-electron chi connectivity index (χ1n) is 7.62. The molecular formula is C13H22N4O3S2. The van der Waals surface area contributed by atoms with Gasteiger partial charge < -0.3 is 10.1 Å². The highest BCUT2D eigenvalue weighted by atomic mass is 32.2. The largest absolute Gasteiger partial charge is 0.379 e. The van der Waals surface area contributed by atoms with Crippen molar-refractivity contribution in [2.75, 3.05) is 51.3 Å². The lowest BCUT2D eigenvalue weighted by atomic mass is 9.98. The summed E-state index contributed by atoms with van der Waals surface area (Å²) in [6.07, 6.45) is 3.56. The number of aromatic nitrogens is 1. The molecule has 0 amide bonds. The monoisotopic (exact) mass is 346 g/mol. The van der Waals surface area contributed by atoms with Gasteiger partial charge >= 0.3 is 0 Å². The Bertz CT molecular complexity index is 550. The van der Waals surface area contributed by atoms with E-state index in [-0.39, 0.29) is 0 Å². The SMILES string of the molecule is O=S(=O)(N1CCOCC1)N1CCC(CNc2nccs2)CC1. The number of thiazole rings is 1. The Morgan fingerprint density at radius 3 is 2.55 bits per heavy atom. The second-order valence-corrected chi connectivity index (χ2v) is 8.40. The Hall–Kier alpha value is -0.740. The van der Waals surface area contributed by atoms with Gasteiger partial charge in [0.25, 0.3) is 10.2 Å². The minimum absolute atomic E-state index is 0.466. The minimum atomic E-state index is -3.31. The van der Waals surface area contributed by atoms with E-state index in [1.807, 2.05) is 5.38 Å². The molecule has 0 bridgehead atoms. The third-order valence-corrected chi connectivity index (χ3v) is 6.94. The fraction of sp³-hybridized carbons (Fsp3) is 0.769. The van der Waals surface area contributed by atoms with Crippen LogP contribution in [0.3, 0.4) is 0 Å². The molecule has 3 rings (SSSR count). The standard InChI is InChI=1S/C13H22N4O3S2/c18-22(19,17-6-8-20-9-7-17)16-4-1-12(2-5-16)11-15-13-14-3-10-21-13/h3,10,12H,1-2,4-9,11H2,(H,14,15). The number of hydrogen-bond donors (Lipinski definition) is 1. The number of hydrogen-bond acceptors (Lipinski definition) is 6. The summed E-state index contributed by atoms with van der Waals surface area (Å²) in [6.45, 7) is 3.98. The molecule has 2 aliphatic rings. The molecule has 0 spiro atoms. The Morgan fingerprint density at radius 2 is 1.91 bits per heavy atom. The summed E-state index contributed by atoms with van der Waals surface area (Å²) in [4.78, 5) is 4.20. The van der Waals surface area contributed by atoms with Crippen molar-refractivity contribution in [3.05, 3.63) is 11.6 Å². The summed E-state index contributed by atoms with van der Waals surface area (Å²) >= 11 is 1.59. The Kier molecular flexibility index (Phi) is 5.29. The van der Waals surface area contributed by atoms with Crippen molar-refractivity contribution in [2.24, 2.45) is 5.92 Å². The van der Waals surface area contributed by atoms with Gasteiger partial charge in [0.15, 0.2) is 5.13 Å². The van der Waals surface area contributed by atoms with Crippen LogP contribution in [0.5, 0.6) is 0 Å². The molecule has 9 heteroatoms. The first-order valence-corrected chi connectivity index (χ1v) is 9.90. The third-order valence-electron chi connectivity index (χ3n) is 4.17. The lowest BCUT2D eigenvalue weighted by Gasteiger charge is -2.36. The van der Waals surface area contributed by atoms with Gasteiger partial charge in [-0.3, -0.25) is 0 Å². The van der Waals surface area contributed by atoms with Gasteiger partial charge in [0.1, 0.15) is 0 Å². The average molecular weight is 346 g/mol. The average Bonchev–Trinajstić information content (AvgIpc) is 3.08. The van der Waals surface area contributed by atoms with Crippen LogP contribution < -0.4 is 5.32 Å². The predicted octanol–water partition coefficient (Wildman–Crippen LogP) is 0.844. The summed E-state index contributed by atoms with van der Waals surface area (Å²) in [7, 11) is -3.31. The van der Waals surface area contributed by atoms with Gasteiger partial charge in [-0.15, -0.1) is 11.3 Å². The van der Waals surface area contributed by atoms with Gasteiger partial charge in [-0.05, 0) is 18.8 Å². The van der Waals surface area contributed by atoms with Crippen LogP contribution in [0.2, 0.25) is 0 Å². The van der Waals surface area contributed by atoms with Crippen LogP contribution in [0, 0.1) is 5.92 Å². The van der Waals surface area contributed by atoms with Gasteiger partial charge in [-0.1, -0.05) is 0 Å². The number of nitrogens with one attached hydrogen (secondary N) is 1. The molecule has 1 N–H and O–H groups in total. The highest BCUT2D eigenvalue weighted by Crippen LogP contribution is 2.22. The van der Waals surface area contributed by atoms with E-state index in [1.54, 1.807) is 26.1 Å². The molecule has 22 heavy (non-hydrogen) atoms. The summed E-state index contributed by atoms with van der Waals surface area (Å²) in [5, 5.41) is 6.20. The van der Waals surface area contributed by atoms with Gasteiger partial charge in [0.05, 0.1) is 13.2 Å². The third kappa shape index (κ3) is 3.77. The first-order chi connectivity index (χ1) is 10.7. The fourth-order valence-corrected chi connectivity index (χ4v) is 4.98. The number of ether oxygens (including phenoxy) is 1. The van der Waals surface area contributed by atoms with Gasteiger partial charge in [-0.25, -0.2) is 4.98 Å². The van der Waals surface area contributed by atoms with Crippen molar-refractivity contribution in [2.45, 2.75) is 12.8 Å². The van der Waals surface area contributed by atoms with Crippen LogP contribution in [0.25, 0.3) is 0 Å². The number of piperidine rings is 1. The first kappa shape index (κ1) is 16.1. The molecular weight excluding hydrogens is 324 g/mol. The van der Waals surface area contributed by atoms with E-state index in [0.29, 0.717) is 45.3 Å². The lowest BCUT2D eigenvalue weighted by Crippen LogP contribution is -2.51. The Balaban J connectivity index is 1.48. The molecule has 2 fully saturated rings. The fourth-order valence-electron chi connectivity index (χ4n) is 2.83. The molecule has 0 radical (unpaired) electrons. The zero-order chi connectivity index (χ0) is 15.4. The number of morpholine rings is 1. The van der Waals surface area contributed by atoms with Crippen LogP contribution >= 0.6 is 11.3 Å². The smallest absolute Gasteiger partial charge is 0.282 e. The van der Waals surface area contributed by atoms with Crippen LogP contribution in [0.1, 0.15) is 12.8 Å². The summed E-state index contributed by atoms with van der Waals surface area (Å²) in [6, 6.07) is 0. The van der Waals surface area contributed by atoms with Crippen LogP contribution in [-0.2, 0) is 14.9 Å². The van der Waals surface area contributed by atoms with E-state index in [0.717, 1.165) is 24.5 Å². The highest BCUT2D eigenvalue weighted by Gasteiger charge is 2.33. The van der Waals surface area contributed by atoms with Crippen molar-refractivity contribution in [3.8, 4) is 0 Å². The quantitative estimate of drug-likeness (QED) is 0.855. The summed E-state index contributed by atoms with van der Waals surface area (Å²) in [5.74, 6) is 0.500. The maximum atomic E-state index is 12.6. The molecule has 124 valence electrons. The number of rotatable bonds is 5. The summed E-state index contributed by atoms with van der Waals surface area (Å²) < 4.78 is 33.5. The molecule has 7 nitrogen and oxygen atoms in total. The topological polar surface area (TPSA) is 74.8 Å². The second-order valence-electron chi connectivity index (χ2n) is 5.58. The van der Waals surface area contributed by atoms with Crippen molar-refractivity contribution in [1.29, 1.82) is 0 Å². The molecule has 2 aliphatic heterocycles. The van der Waals surface area contributed by atoms with Gasteiger partial charge in [-0.2, -0.15) is 17.0 Å². The van der Waals surface area contributed by atoms with E-state index < -0.39 is 10.2 Å². The van der Waals surface area contributed by atoms with Crippen molar-refractivity contribution >= 4 is 26.7 Å². The van der Waals surface area contributed by atoms with Crippen LogP contribution in [0.4, 0.5) is 5.13 Å². The molecule has 1 aromatic rings. The van der Waals surface area contributed by atoms with E-state index in [1.165, 1.54) is 0 Å². The van der Waals surface area contributed by atoms with Crippen LogP contribution in [0.15, 0.2) is 11.6 Å². The molecule has 0 saturated carbocycles. The Labute approximate surface area is 135 Å². The van der Waals surface area contributed by atoms with E-state index in [9.17, 15) is 8.42 Å². The molecule has 3 heterocycles. The lowest BCUT2D eigenvalue weighted by molar-refractivity contribution is 0.0693. The van der Waals surface area contributed by atoms with E-state index >= 15 is 0 Å². The summed E-state index contributed by atoms with van der Waals surface area (Å²) in [5.41, 5.74) is 0. The minimum Gasteiger partial charge on any atom is -0.379 e. The molecule has 0 aromatic carbocycles. The molecule has 2 saturated heterocycles. The van der Waals surface area contributed by atoms with Crippen molar-refractivity contribution in [1.82, 2.24) is 13.6 Å². The zero-order valence-electron chi connectivity index (χ0n) is 12.5. The van der Waals surface area contributed by atoms with Crippen LogP contribution in [-0.4, -0.2) is 67.9 Å². The van der Waals surface area contributed by atoms with Crippen molar-refractivity contribution in [3.63, 3.8) is 0 Å². The van der Waals surface area contributed by atoms with Gasteiger partial charge in [0, 0.05) is 44.3 Å². The maximum absolute atomic E-state index is 12.6. The maximum Gasteiger partial charge on any atom is 0.282 e. The predicted molar refractivity (Wildman–Crippen MR) is 86.2 cm³/mol. The normalized spacial score (nSPS) is 22.7. The molecule has 0 unspecified atom stereocenters. The highest BCUT2D eigenvalue weighted by molar-refractivity contribution is 7.86. The Morgan fingerprint density at radius 1 is 1.23 bits per heavy atom. The van der Waals surface area contributed by atoms with Gasteiger partial charge in [0.2, 0.25) is 0 Å². The number of nitrogens with zero attached hydrogens (tertiary/aromatic N) is 3. The van der Waals surface area contributed by atoms with Crippen molar-refractivity contribution < 1.29 is 13.2 Å².